The molecule has 0 radical (unpaired) electrons. The largest absolute Gasteiger partial charge is 0.358 e. The zero-order chi connectivity index (χ0) is 14.4. The van der Waals surface area contributed by atoms with Crippen LogP contribution in [0, 0.1) is 0 Å². The number of ketones is 1. The van der Waals surface area contributed by atoms with E-state index in [9.17, 15) is 4.79 Å². The van der Waals surface area contributed by atoms with Crippen LogP contribution in [0.25, 0.3) is 0 Å². The number of carbonyl (C=O) groups excluding carboxylic acids is 1. The van der Waals surface area contributed by atoms with Crippen molar-refractivity contribution in [3.05, 3.63) is 65.7 Å². The van der Waals surface area contributed by atoms with Crippen molar-refractivity contribution >= 4 is 28.8 Å². The molecule has 0 atom stereocenters. The third-order valence-electron chi connectivity index (χ3n) is 2.85. The molecular weight excluding hydrogens is 268 g/mol. The van der Waals surface area contributed by atoms with Crippen molar-refractivity contribution in [2.45, 2.75) is 13.5 Å². The first-order valence-electron chi connectivity index (χ1n) is 6.35. The summed E-state index contributed by atoms with van der Waals surface area (Å²) in [5.74, 6) is 0.0129. The fourth-order valence-corrected chi connectivity index (χ4v) is 2.03. The Bertz CT molecular complexity index is 611. The van der Waals surface area contributed by atoms with Crippen LogP contribution in [0.5, 0.6) is 0 Å². The fraction of sp³-hybridized carbons (Fsp3) is 0.125. The number of carbonyl (C=O) groups is 1. The molecule has 0 unspecified atom stereocenters. The van der Waals surface area contributed by atoms with Crippen molar-refractivity contribution < 1.29 is 4.79 Å². The van der Waals surface area contributed by atoms with Crippen molar-refractivity contribution in [3.8, 4) is 0 Å². The predicted molar refractivity (Wildman–Crippen MR) is 85.9 cm³/mol. The van der Waals surface area contributed by atoms with Crippen molar-refractivity contribution in [1.29, 1.82) is 0 Å². The molecule has 0 heterocycles. The average Bonchev–Trinajstić information content (AvgIpc) is 2.46. The van der Waals surface area contributed by atoms with Gasteiger partial charge in [0.2, 0.25) is 0 Å². The second-order valence-electron chi connectivity index (χ2n) is 4.40. The van der Waals surface area contributed by atoms with Gasteiger partial charge < -0.3 is 10.6 Å². The molecule has 2 rings (SSSR count). The molecule has 0 aromatic heterocycles. The van der Waals surface area contributed by atoms with Crippen LogP contribution >= 0.6 is 12.2 Å². The molecule has 0 saturated heterocycles. The molecule has 102 valence electrons. The van der Waals surface area contributed by atoms with Gasteiger partial charge in [-0.25, -0.2) is 0 Å². The molecule has 2 aromatic rings. The Balaban J connectivity index is 1.97. The molecule has 0 aliphatic carbocycles. The third-order valence-corrected chi connectivity index (χ3v) is 3.10. The van der Waals surface area contributed by atoms with Crippen LogP contribution in [0.2, 0.25) is 0 Å². The summed E-state index contributed by atoms with van der Waals surface area (Å²) < 4.78 is 0. The topological polar surface area (TPSA) is 41.1 Å². The van der Waals surface area contributed by atoms with Gasteiger partial charge in [0, 0.05) is 12.1 Å². The van der Waals surface area contributed by atoms with Gasteiger partial charge in [-0.2, -0.15) is 0 Å². The number of Topliss-reactive ketones (excluding diaryl/α,β-unsaturated/α-hetero) is 1. The van der Waals surface area contributed by atoms with Crippen LogP contribution in [-0.4, -0.2) is 10.9 Å². The van der Waals surface area contributed by atoms with E-state index in [-0.39, 0.29) is 5.78 Å². The molecule has 0 aliphatic rings. The summed E-state index contributed by atoms with van der Waals surface area (Å²) in [6.07, 6.45) is 0. The summed E-state index contributed by atoms with van der Waals surface area (Å²) in [5.41, 5.74) is 2.51. The van der Waals surface area contributed by atoms with Crippen LogP contribution in [0.1, 0.15) is 22.8 Å². The highest BCUT2D eigenvalue weighted by Gasteiger charge is 2.07. The lowest BCUT2D eigenvalue weighted by molar-refractivity contribution is 0.101. The Labute approximate surface area is 124 Å². The Morgan fingerprint density at radius 2 is 1.70 bits per heavy atom. The van der Waals surface area contributed by atoms with E-state index in [4.69, 9.17) is 12.2 Å². The molecule has 0 saturated carbocycles. The third kappa shape index (κ3) is 3.90. The average molecular weight is 284 g/mol. The number of rotatable bonds is 4. The second-order valence-corrected chi connectivity index (χ2v) is 4.80. The van der Waals surface area contributed by atoms with E-state index >= 15 is 0 Å². The van der Waals surface area contributed by atoms with E-state index in [1.807, 2.05) is 48.5 Å². The van der Waals surface area contributed by atoms with Gasteiger partial charge in [0.25, 0.3) is 0 Å². The van der Waals surface area contributed by atoms with Crippen LogP contribution in [0.15, 0.2) is 54.6 Å². The summed E-state index contributed by atoms with van der Waals surface area (Å²) in [7, 11) is 0. The van der Waals surface area contributed by atoms with Gasteiger partial charge in [-0.05, 0) is 36.8 Å². The summed E-state index contributed by atoms with van der Waals surface area (Å²) in [4.78, 5) is 11.5. The maximum absolute atomic E-state index is 11.5. The number of hydrogen-bond acceptors (Lipinski definition) is 2. The number of benzene rings is 2. The Morgan fingerprint density at radius 3 is 2.40 bits per heavy atom. The first kappa shape index (κ1) is 14.2. The number of para-hydroxylation sites is 1. The summed E-state index contributed by atoms with van der Waals surface area (Å²) in [5, 5.41) is 6.69. The minimum absolute atomic E-state index is 0.0129. The molecule has 0 bridgehead atoms. The van der Waals surface area contributed by atoms with Crippen LogP contribution in [0.4, 0.5) is 5.69 Å². The monoisotopic (exact) mass is 284 g/mol. The molecule has 0 fully saturated rings. The summed E-state index contributed by atoms with van der Waals surface area (Å²) in [6, 6.07) is 17.3. The Kier molecular flexibility index (Phi) is 4.85. The molecule has 2 N–H and O–H groups in total. The summed E-state index contributed by atoms with van der Waals surface area (Å²) in [6.45, 7) is 2.19. The lowest BCUT2D eigenvalue weighted by Crippen LogP contribution is -2.28. The number of nitrogens with one attached hydrogen (secondary N) is 2. The molecular formula is C16H16N2OS. The zero-order valence-electron chi connectivity index (χ0n) is 11.2. The Hall–Kier alpha value is -2.20. The van der Waals surface area contributed by atoms with Gasteiger partial charge in [0.15, 0.2) is 10.9 Å². The van der Waals surface area contributed by atoms with Crippen LogP contribution < -0.4 is 10.6 Å². The van der Waals surface area contributed by atoms with Crippen LogP contribution in [0.3, 0.4) is 0 Å². The second kappa shape index (κ2) is 6.82. The minimum Gasteiger partial charge on any atom is -0.358 e. The Morgan fingerprint density at radius 1 is 1.05 bits per heavy atom. The first-order chi connectivity index (χ1) is 9.66. The van der Waals surface area contributed by atoms with E-state index in [2.05, 4.69) is 10.6 Å². The van der Waals surface area contributed by atoms with E-state index in [1.54, 1.807) is 13.0 Å². The first-order valence-corrected chi connectivity index (χ1v) is 6.76. The highest BCUT2D eigenvalue weighted by molar-refractivity contribution is 7.80. The van der Waals surface area contributed by atoms with E-state index in [1.165, 1.54) is 0 Å². The number of anilines is 1. The van der Waals surface area contributed by atoms with Crippen molar-refractivity contribution in [2.24, 2.45) is 0 Å². The van der Waals surface area contributed by atoms with Gasteiger partial charge in [-0.3, -0.25) is 4.79 Å². The highest BCUT2D eigenvalue weighted by atomic mass is 32.1. The fourth-order valence-electron chi connectivity index (χ4n) is 1.84. The van der Waals surface area contributed by atoms with Crippen molar-refractivity contribution in [3.63, 3.8) is 0 Å². The van der Waals surface area contributed by atoms with Gasteiger partial charge in [-0.15, -0.1) is 0 Å². The lowest BCUT2D eigenvalue weighted by atomic mass is 10.1. The van der Waals surface area contributed by atoms with Gasteiger partial charge >= 0.3 is 0 Å². The molecule has 3 nitrogen and oxygen atoms in total. The zero-order valence-corrected chi connectivity index (χ0v) is 12.0. The molecule has 2 aromatic carbocycles. The quantitative estimate of drug-likeness (QED) is 0.667. The number of thiocarbonyl (C=S) groups is 1. The van der Waals surface area contributed by atoms with Gasteiger partial charge in [0.05, 0.1) is 5.69 Å². The molecule has 0 spiro atoms. The molecule has 0 aliphatic heterocycles. The minimum atomic E-state index is 0.0129. The van der Waals surface area contributed by atoms with Gasteiger partial charge in [-0.1, -0.05) is 42.5 Å². The lowest BCUT2D eigenvalue weighted by Gasteiger charge is -2.12. The van der Waals surface area contributed by atoms with Crippen molar-refractivity contribution in [1.82, 2.24) is 5.32 Å². The SMILES string of the molecule is CC(=O)c1ccccc1NC(=S)NCc1ccccc1. The van der Waals surface area contributed by atoms with E-state index in [0.717, 1.165) is 11.3 Å². The standard InChI is InChI=1S/C16H16N2OS/c1-12(19)14-9-5-6-10-15(14)18-16(20)17-11-13-7-3-2-4-8-13/h2-10H,11H2,1H3,(H2,17,18,20). The molecule has 4 heteroatoms. The maximum atomic E-state index is 11.5. The van der Waals surface area contributed by atoms with Crippen molar-refractivity contribution in [2.75, 3.05) is 5.32 Å². The highest BCUT2D eigenvalue weighted by Crippen LogP contribution is 2.15. The molecule has 0 amide bonds. The normalized spacial score (nSPS) is 9.85. The number of hydrogen-bond donors (Lipinski definition) is 2. The molecule has 20 heavy (non-hydrogen) atoms. The van der Waals surface area contributed by atoms with Gasteiger partial charge in [0.1, 0.15) is 0 Å². The maximum Gasteiger partial charge on any atom is 0.171 e. The predicted octanol–water partition coefficient (Wildman–Crippen LogP) is 3.38. The summed E-state index contributed by atoms with van der Waals surface area (Å²) >= 11 is 5.25. The smallest absolute Gasteiger partial charge is 0.171 e. The van der Waals surface area contributed by atoms with E-state index < -0.39 is 0 Å². The van der Waals surface area contributed by atoms with E-state index in [0.29, 0.717) is 17.2 Å². The van der Waals surface area contributed by atoms with Crippen LogP contribution in [-0.2, 0) is 6.54 Å².